The molecule has 0 saturated heterocycles. The molecule has 0 radical (unpaired) electrons. The van der Waals surface area contributed by atoms with Crippen LogP contribution in [0.5, 0.6) is 0 Å². The fraction of sp³-hybridized carbons (Fsp3) is 0. The maximum atomic E-state index is 6.44. The summed E-state index contributed by atoms with van der Waals surface area (Å²) in [7, 11) is 0. The maximum Gasteiger partial charge on any atom is 0.136 e. The summed E-state index contributed by atoms with van der Waals surface area (Å²) in [6, 6.07) is 54.6. The molecule has 3 nitrogen and oxygen atoms in total. The highest BCUT2D eigenvalue weighted by Gasteiger charge is 2.14. The number of furan rings is 1. The fourth-order valence-corrected chi connectivity index (χ4v) is 6.75. The van der Waals surface area contributed by atoms with Crippen LogP contribution in [0.2, 0.25) is 0 Å². The average molecular weight is 657 g/mol. The van der Waals surface area contributed by atoms with Gasteiger partial charge in [0.1, 0.15) is 10.8 Å². The van der Waals surface area contributed by atoms with Gasteiger partial charge in [-0.1, -0.05) is 129 Å². The zero-order valence-electron chi connectivity index (χ0n) is 28.3. The number of para-hydroxylation sites is 3. The van der Waals surface area contributed by atoms with Crippen LogP contribution in [0.25, 0.3) is 69.5 Å². The first kappa shape index (κ1) is 31.4. The van der Waals surface area contributed by atoms with E-state index in [1.807, 2.05) is 42.5 Å². The van der Waals surface area contributed by atoms with Crippen molar-refractivity contribution in [3.05, 3.63) is 203 Å². The van der Waals surface area contributed by atoms with Gasteiger partial charge in [0, 0.05) is 50.0 Å². The Bertz CT molecular complexity index is 2790. The Hall–Kier alpha value is -6.84. The molecule has 0 spiro atoms. The van der Waals surface area contributed by atoms with Crippen molar-refractivity contribution < 1.29 is 4.42 Å². The molecule has 0 unspecified atom stereocenters. The van der Waals surface area contributed by atoms with Crippen LogP contribution in [-0.2, 0) is 0 Å². The van der Waals surface area contributed by atoms with Crippen molar-refractivity contribution >= 4 is 64.1 Å². The molecule has 2 aromatic heterocycles. The summed E-state index contributed by atoms with van der Waals surface area (Å²) in [6.45, 7) is 17.6. The molecule has 244 valence electrons. The SMILES string of the molecule is C=C(C=c1oc(=CC(=C)N(c2ccccc2)c2ccc(-c3ccccc3)cc2)c(=C)c1=C)c1ccc2c(c1)c1ccccc1n2-c1ccccc1. The molecule has 0 bridgehead atoms. The van der Waals surface area contributed by atoms with Gasteiger partial charge in [-0.15, -0.1) is 0 Å². The van der Waals surface area contributed by atoms with Crippen molar-refractivity contribution in [2.45, 2.75) is 0 Å². The van der Waals surface area contributed by atoms with Gasteiger partial charge in [0.15, 0.2) is 0 Å². The molecule has 0 aliphatic carbocycles. The topological polar surface area (TPSA) is 21.3 Å². The van der Waals surface area contributed by atoms with E-state index >= 15 is 0 Å². The van der Waals surface area contributed by atoms with Crippen LogP contribution in [-0.4, -0.2) is 4.57 Å². The molecular weight excluding hydrogens is 621 g/mol. The third-order valence-corrected chi connectivity index (χ3v) is 9.37. The highest BCUT2D eigenvalue weighted by molar-refractivity contribution is 6.10. The molecule has 6 aromatic carbocycles. The third kappa shape index (κ3) is 5.92. The van der Waals surface area contributed by atoms with Crippen LogP contribution < -0.4 is 26.2 Å². The number of fused-ring (bicyclic) bond motifs is 3. The van der Waals surface area contributed by atoms with Gasteiger partial charge in [0.05, 0.1) is 11.0 Å². The van der Waals surface area contributed by atoms with E-state index in [1.54, 1.807) is 0 Å². The largest absolute Gasteiger partial charge is 0.456 e. The number of hydrogen-bond acceptors (Lipinski definition) is 2. The Morgan fingerprint density at radius 3 is 1.78 bits per heavy atom. The van der Waals surface area contributed by atoms with Crippen molar-refractivity contribution in [2.24, 2.45) is 0 Å². The number of benzene rings is 6. The molecule has 51 heavy (non-hydrogen) atoms. The Balaban J connectivity index is 1.15. The second kappa shape index (κ2) is 13.2. The summed E-state index contributed by atoms with van der Waals surface area (Å²) >= 11 is 0. The van der Waals surface area contributed by atoms with Crippen molar-refractivity contribution in [3.8, 4) is 16.8 Å². The predicted octanol–water partition coefficient (Wildman–Crippen LogP) is 9.49. The molecule has 8 rings (SSSR count). The lowest BCUT2D eigenvalue weighted by Crippen LogP contribution is -2.35. The molecule has 2 heterocycles. The van der Waals surface area contributed by atoms with Gasteiger partial charge in [-0.05, 0) is 82.9 Å². The first-order valence-corrected chi connectivity index (χ1v) is 16.9. The van der Waals surface area contributed by atoms with Gasteiger partial charge >= 0.3 is 0 Å². The maximum absolute atomic E-state index is 6.44. The van der Waals surface area contributed by atoms with Gasteiger partial charge < -0.3 is 13.9 Å². The molecule has 0 saturated carbocycles. The third-order valence-electron chi connectivity index (χ3n) is 9.37. The van der Waals surface area contributed by atoms with Crippen molar-refractivity contribution in [1.29, 1.82) is 0 Å². The number of aromatic nitrogens is 1. The summed E-state index contributed by atoms with van der Waals surface area (Å²) in [6.07, 6.45) is 3.88. The minimum atomic E-state index is 0.604. The molecular formula is C48H36N2O. The van der Waals surface area contributed by atoms with E-state index in [1.165, 1.54) is 10.9 Å². The van der Waals surface area contributed by atoms with Crippen LogP contribution in [0, 0.1) is 0 Å². The highest BCUT2D eigenvalue weighted by atomic mass is 16.3. The van der Waals surface area contributed by atoms with Crippen LogP contribution >= 0.6 is 0 Å². The van der Waals surface area contributed by atoms with Gasteiger partial charge in [-0.3, -0.25) is 0 Å². The molecule has 0 amide bonds. The van der Waals surface area contributed by atoms with Crippen molar-refractivity contribution in [2.75, 3.05) is 4.90 Å². The summed E-state index contributed by atoms with van der Waals surface area (Å²) in [4.78, 5) is 2.11. The van der Waals surface area contributed by atoms with E-state index in [4.69, 9.17) is 4.42 Å². The lowest BCUT2D eigenvalue weighted by Gasteiger charge is -2.25. The van der Waals surface area contributed by atoms with E-state index < -0.39 is 0 Å². The monoisotopic (exact) mass is 656 g/mol. The van der Waals surface area contributed by atoms with Crippen LogP contribution in [0.3, 0.4) is 0 Å². The lowest BCUT2D eigenvalue weighted by molar-refractivity contribution is 0.498. The standard InChI is InChI=1S/C48H36N2O/c1-33(39-26-29-46-44(32-39)43-22-14-15-23-45(43)50(46)41-20-12-7-13-21-41)30-47-35(3)36(4)48(51-47)31-34(2)49(40-18-10-6-11-19-40)42-27-24-38(25-28-42)37-16-8-5-9-17-37/h5-32H,1-4H2. The average Bonchev–Trinajstić information content (AvgIpc) is 3.65. The van der Waals surface area contributed by atoms with Crippen LogP contribution in [0.1, 0.15) is 5.56 Å². The number of hydrogen-bond donors (Lipinski definition) is 0. The zero-order chi connectivity index (χ0) is 34.9. The van der Waals surface area contributed by atoms with Gasteiger partial charge in [0.2, 0.25) is 0 Å². The van der Waals surface area contributed by atoms with Gasteiger partial charge in [0.25, 0.3) is 0 Å². The number of nitrogens with zero attached hydrogens (tertiary/aromatic N) is 2. The Kier molecular flexibility index (Phi) is 8.15. The predicted molar refractivity (Wildman–Crippen MR) is 217 cm³/mol. The number of allylic oxidation sites excluding steroid dienone is 2. The zero-order valence-corrected chi connectivity index (χ0v) is 28.3. The normalized spacial score (nSPS) is 12.1. The summed E-state index contributed by atoms with van der Waals surface area (Å²) < 4.78 is 8.75. The molecule has 3 heteroatoms. The molecule has 8 aromatic rings. The van der Waals surface area contributed by atoms with Crippen molar-refractivity contribution in [3.63, 3.8) is 0 Å². The number of rotatable bonds is 8. The summed E-state index contributed by atoms with van der Waals surface area (Å²) in [5.74, 6) is 0. The Morgan fingerprint density at radius 1 is 0.529 bits per heavy atom. The van der Waals surface area contributed by atoms with E-state index in [0.29, 0.717) is 16.0 Å². The van der Waals surface area contributed by atoms with Gasteiger partial charge in [-0.2, -0.15) is 0 Å². The lowest BCUT2D eigenvalue weighted by atomic mass is 10.0. The number of anilines is 2. The molecule has 0 N–H and O–H groups in total. The second-order valence-electron chi connectivity index (χ2n) is 12.6. The Labute approximate surface area is 297 Å². The first-order chi connectivity index (χ1) is 25.0. The van der Waals surface area contributed by atoms with E-state index in [9.17, 15) is 0 Å². The van der Waals surface area contributed by atoms with Crippen LogP contribution in [0.4, 0.5) is 11.4 Å². The first-order valence-electron chi connectivity index (χ1n) is 16.9. The summed E-state index contributed by atoms with van der Waals surface area (Å²) in [5.41, 5.74) is 11.5. The highest BCUT2D eigenvalue weighted by Crippen LogP contribution is 2.34. The molecule has 0 aliphatic heterocycles. The van der Waals surface area contributed by atoms with Crippen molar-refractivity contribution in [1.82, 2.24) is 4.57 Å². The smallest absolute Gasteiger partial charge is 0.136 e. The van der Waals surface area contributed by atoms with Gasteiger partial charge in [-0.25, -0.2) is 0 Å². The molecule has 0 atom stereocenters. The van der Waals surface area contributed by atoms with E-state index in [2.05, 4.69) is 163 Å². The van der Waals surface area contributed by atoms with Crippen LogP contribution in [0.15, 0.2) is 181 Å². The Morgan fingerprint density at radius 2 is 1.08 bits per heavy atom. The van der Waals surface area contributed by atoms with E-state index in [0.717, 1.165) is 61.1 Å². The quantitative estimate of drug-likeness (QED) is 0.163. The molecule has 0 fully saturated rings. The fourth-order valence-electron chi connectivity index (χ4n) is 6.75. The minimum Gasteiger partial charge on any atom is -0.456 e. The second-order valence-corrected chi connectivity index (χ2v) is 12.6. The minimum absolute atomic E-state index is 0.604. The molecule has 0 aliphatic rings. The summed E-state index contributed by atoms with van der Waals surface area (Å²) in [5, 5.41) is 3.78. The van der Waals surface area contributed by atoms with E-state index in [-0.39, 0.29) is 0 Å².